The largest absolute Gasteiger partial charge is 0.487 e. The first kappa shape index (κ1) is 27.0. The molecule has 6 nitrogen and oxygen atoms in total. The number of hydrogen-bond donors (Lipinski definition) is 4. The smallest absolute Gasteiger partial charge is 0.161 e. The number of fused-ring (bicyclic) bond motifs is 1. The molecule has 7 heteroatoms. The molecule has 38 heavy (non-hydrogen) atoms. The zero-order valence-corrected chi connectivity index (χ0v) is 22.8. The topological polar surface area (TPSA) is 85.2 Å². The average molecular weight is 537 g/mol. The van der Waals surface area contributed by atoms with Crippen molar-refractivity contribution in [2.75, 3.05) is 32.8 Å². The number of allylic oxidation sites excluding steroid dienone is 3. The van der Waals surface area contributed by atoms with E-state index < -0.39 is 17.3 Å². The standard InChI is InChI=1S/C31H37ClN2O4/c1-30(2,37)22-9-12-28-26(19-22)24(25-5-3-15-33-27(25)20-38-28)6-4-16-34-17-13-31(14-18-34,29(35)36)21-7-10-23(32)11-8-21/h3,5-12,19,29,33,35-37H,4,13-18,20H2,1-2H3/b24-6+. The van der Waals surface area contributed by atoms with E-state index >= 15 is 0 Å². The van der Waals surface area contributed by atoms with Crippen LogP contribution in [0.4, 0.5) is 0 Å². The highest BCUT2D eigenvalue weighted by Gasteiger charge is 2.41. The summed E-state index contributed by atoms with van der Waals surface area (Å²) < 4.78 is 6.16. The van der Waals surface area contributed by atoms with E-state index in [0.717, 1.165) is 71.9 Å². The number of nitrogens with one attached hydrogen (secondary N) is 1. The number of dihydropyridines is 1. The normalized spacial score (nSPS) is 20.6. The molecule has 4 N–H and O–H groups in total. The molecule has 3 aliphatic rings. The fourth-order valence-corrected chi connectivity index (χ4v) is 5.87. The van der Waals surface area contributed by atoms with Gasteiger partial charge in [-0.2, -0.15) is 0 Å². The van der Waals surface area contributed by atoms with Gasteiger partial charge in [-0.05, 0) is 87.2 Å². The predicted octanol–water partition coefficient (Wildman–Crippen LogP) is 4.49. The SMILES string of the molecule is CC(C)(O)c1ccc2c(c1)/C(=C/CCN1CCC(c3ccc(Cl)cc3)(C(O)O)CC1)C1=C(CO2)NCC=C1. The van der Waals surface area contributed by atoms with Crippen molar-refractivity contribution in [1.29, 1.82) is 0 Å². The molecule has 0 amide bonds. The Morgan fingerprint density at radius 3 is 2.55 bits per heavy atom. The van der Waals surface area contributed by atoms with Gasteiger partial charge in [-0.1, -0.05) is 48.0 Å². The molecular weight excluding hydrogens is 500 g/mol. The Hall–Kier alpha value is -2.61. The van der Waals surface area contributed by atoms with Crippen LogP contribution in [0.1, 0.15) is 49.8 Å². The van der Waals surface area contributed by atoms with Crippen LogP contribution in [-0.4, -0.2) is 59.3 Å². The molecule has 3 heterocycles. The summed E-state index contributed by atoms with van der Waals surface area (Å²) in [6, 6.07) is 13.4. The first-order chi connectivity index (χ1) is 18.2. The third-order valence-corrected chi connectivity index (χ3v) is 8.39. The van der Waals surface area contributed by atoms with Gasteiger partial charge in [0.2, 0.25) is 0 Å². The Bertz CT molecular complexity index is 1250. The van der Waals surface area contributed by atoms with Crippen LogP contribution in [0, 0.1) is 0 Å². The van der Waals surface area contributed by atoms with Crippen LogP contribution in [-0.2, 0) is 11.0 Å². The molecule has 0 aromatic heterocycles. The Balaban J connectivity index is 1.35. The van der Waals surface area contributed by atoms with Crippen LogP contribution < -0.4 is 10.1 Å². The highest BCUT2D eigenvalue weighted by Crippen LogP contribution is 2.40. The summed E-state index contributed by atoms with van der Waals surface area (Å²) in [5.74, 6) is 0.816. The van der Waals surface area contributed by atoms with Crippen molar-refractivity contribution in [3.8, 4) is 5.75 Å². The van der Waals surface area contributed by atoms with E-state index in [1.54, 1.807) is 13.8 Å². The van der Waals surface area contributed by atoms with Gasteiger partial charge in [-0.3, -0.25) is 0 Å². The quantitative estimate of drug-likeness (QED) is 0.407. The summed E-state index contributed by atoms with van der Waals surface area (Å²) in [5.41, 5.74) is 4.45. The number of benzene rings is 2. The second-order valence-corrected chi connectivity index (χ2v) is 11.5. The van der Waals surface area contributed by atoms with Crippen LogP contribution in [0.15, 0.2) is 72.0 Å². The van der Waals surface area contributed by atoms with Crippen LogP contribution in [0.5, 0.6) is 5.75 Å². The van der Waals surface area contributed by atoms with E-state index in [2.05, 4.69) is 28.4 Å². The fourth-order valence-electron chi connectivity index (χ4n) is 5.74. The van der Waals surface area contributed by atoms with Crippen molar-refractivity contribution in [3.05, 3.63) is 93.7 Å². The second-order valence-electron chi connectivity index (χ2n) is 11.0. The third kappa shape index (κ3) is 5.42. The van der Waals surface area contributed by atoms with Crippen molar-refractivity contribution in [2.45, 2.75) is 50.4 Å². The highest BCUT2D eigenvalue weighted by molar-refractivity contribution is 6.30. The first-order valence-corrected chi connectivity index (χ1v) is 13.7. The Morgan fingerprint density at radius 2 is 1.87 bits per heavy atom. The van der Waals surface area contributed by atoms with Crippen molar-refractivity contribution >= 4 is 17.2 Å². The monoisotopic (exact) mass is 536 g/mol. The predicted molar refractivity (Wildman–Crippen MR) is 151 cm³/mol. The van der Waals surface area contributed by atoms with Crippen LogP contribution in [0.3, 0.4) is 0 Å². The van der Waals surface area contributed by atoms with Crippen molar-refractivity contribution < 1.29 is 20.1 Å². The first-order valence-electron chi connectivity index (χ1n) is 13.4. The molecular formula is C31H37ClN2O4. The van der Waals surface area contributed by atoms with Gasteiger partial charge in [0, 0.05) is 34.7 Å². The Kier molecular flexibility index (Phi) is 7.72. The van der Waals surface area contributed by atoms with Gasteiger partial charge in [0.05, 0.1) is 11.3 Å². The lowest BCUT2D eigenvalue weighted by molar-refractivity contribution is -0.117. The van der Waals surface area contributed by atoms with E-state index in [1.807, 2.05) is 42.5 Å². The van der Waals surface area contributed by atoms with Crippen molar-refractivity contribution in [2.24, 2.45) is 0 Å². The molecule has 2 aromatic carbocycles. The molecule has 202 valence electrons. The zero-order chi connectivity index (χ0) is 26.9. The van der Waals surface area contributed by atoms with Gasteiger partial charge in [0.15, 0.2) is 6.29 Å². The summed E-state index contributed by atoms with van der Waals surface area (Å²) in [7, 11) is 0. The Morgan fingerprint density at radius 1 is 1.13 bits per heavy atom. The van der Waals surface area contributed by atoms with E-state index in [0.29, 0.717) is 24.5 Å². The van der Waals surface area contributed by atoms with Gasteiger partial charge in [-0.25, -0.2) is 0 Å². The molecule has 0 bridgehead atoms. The van der Waals surface area contributed by atoms with E-state index in [4.69, 9.17) is 16.3 Å². The van der Waals surface area contributed by atoms with E-state index in [-0.39, 0.29) is 0 Å². The third-order valence-electron chi connectivity index (χ3n) is 8.14. The molecule has 2 aromatic rings. The average Bonchev–Trinajstić information content (AvgIpc) is 3.06. The second kappa shape index (κ2) is 10.9. The molecule has 0 unspecified atom stereocenters. The number of nitrogens with zero attached hydrogens (tertiary/aromatic N) is 1. The van der Waals surface area contributed by atoms with Crippen LogP contribution >= 0.6 is 11.6 Å². The molecule has 1 saturated heterocycles. The minimum absolute atomic E-state index is 0.480. The summed E-state index contributed by atoms with van der Waals surface area (Å²) in [4.78, 5) is 2.39. The Labute approximate surface area is 229 Å². The number of rotatable bonds is 6. The maximum atomic E-state index is 10.7. The number of hydrogen-bond acceptors (Lipinski definition) is 6. The number of likely N-dealkylation sites (tertiary alicyclic amines) is 1. The van der Waals surface area contributed by atoms with Crippen molar-refractivity contribution in [3.63, 3.8) is 0 Å². The minimum atomic E-state index is -1.42. The van der Waals surface area contributed by atoms with Gasteiger partial charge >= 0.3 is 0 Å². The molecule has 0 aliphatic carbocycles. The van der Waals surface area contributed by atoms with E-state index in [1.165, 1.54) is 0 Å². The fraction of sp³-hybridized carbons (Fsp3) is 0.419. The van der Waals surface area contributed by atoms with Gasteiger partial charge in [0.1, 0.15) is 12.4 Å². The maximum absolute atomic E-state index is 10.7. The zero-order valence-electron chi connectivity index (χ0n) is 22.1. The van der Waals surface area contributed by atoms with Crippen LogP contribution in [0.25, 0.3) is 5.57 Å². The lowest BCUT2D eigenvalue weighted by atomic mass is 9.72. The summed E-state index contributed by atoms with van der Waals surface area (Å²) in [6.45, 7) is 7.28. The number of halogens is 1. The van der Waals surface area contributed by atoms with Gasteiger partial charge < -0.3 is 30.3 Å². The lowest BCUT2D eigenvalue weighted by Gasteiger charge is -2.43. The number of aliphatic hydroxyl groups is 3. The molecule has 3 aliphatic heterocycles. The molecule has 0 saturated carbocycles. The lowest BCUT2D eigenvalue weighted by Crippen LogP contribution is -2.49. The molecule has 0 atom stereocenters. The van der Waals surface area contributed by atoms with Gasteiger partial charge in [-0.15, -0.1) is 0 Å². The number of aliphatic hydroxyl groups excluding tert-OH is 1. The van der Waals surface area contributed by atoms with E-state index in [9.17, 15) is 15.3 Å². The highest BCUT2D eigenvalue weighted by atomic mass is 35.5. The minimum Gasteiger partial charge on any atom is -0.487 e. The molecule has 0 radical (unpaired) electrons. The molecule has 5 rings (SSSR count). The van der Waals surface area contributed by atoms with Crippen molar-refractivity contribution in [1.82, 2.24) is 10.2 Å². The summed E-state index contributed by atoms with van der Waals surface area (Å²) in [5, 5.41) is 35.4. The van der Waals surface area contributed by atoms with Crippen LogP contribution in [0.2, 0.25) is 5.02 Å². The van der Waals surface area contributed by atoms with Gasteiger partial charge in [0.25, 0.3) is 0 Å². The summed E-state index contributed by atoms with van der Waals surface area (Å²) >= 11 is 6.07. The number of ether oxygens (including phenoxy) is 1. The maximum Gasteiger partial charge on any atom is 0.161 e. The summed E-state index contributed by atoms with van der Waals surface area (Å²) in [6.07, 6.45) is 7.30. The molecule has 0 spiro atoms. The molecule has 1 fully saturated rings. The number of piperidine rings is 1.